The van der Waals surface area contributed by atoms with Gasteiger partial charge in [-0.05, 0) is 70.6 Å². The summed E-state index contributed by atoms with van der Waals surface area (Å²) in [7, 11) is 1.23. The second kappa shape index (κ2) is 49.2. The Morgan fingerprint density at radius 2 is 0.925 bits per heavy atom. The van der Waals surface area contributed by atoms with Crippen molar-refractivity contribution in [3.05, 3.63) is 60.8 Å². The van der Waals surface area contributed by atoms with Gasteiger partial charge in [-0.25, -0.2) is 0 Å². The van der Waals surface area contributed by atoms with Crippen molar-refractivity contribution in [3.8, 4) is 0 Å². The highest BCUT2D eigenvalue weighted by atomic mass is 31.2. The summed E-state index contributed by atoms with van der Waals surface area (Å²) in [5.41, 5.74) is 0. The van der Waals surface area contributed by atoms with Crippen molar-refractivity contribution < 1.29 is 32.9 Å². The van der Waals surface area contributed by atoms with E-state index in [1.807, 2.05) is 27.2 Å². The molecule has 8 nitrogen and oxygen atoms in total. The fourth-order valence-corrected chi connectivity index (χ4v) is 8.77. The van der Waals surface area contributed by atoms with Crippen LogP contribution >= 0.6 is 7.82 Å². The molecule has 0 aliphatic heterocycles. The molecule has 3 unspecified atom stereocenters. The summed E-state index contributed by atoms with van der Waals surface area (Å²) < 4.78 is 23.2. The van der Waals surface area contributed by atoms with Crippen LogP contribution in [0, 0.1) is 0 Å². The highest BCUT2D eigenvalue weighted by Gasteiger charge is 2.23. The van der Waals surface area contributed by atoms with Gasteiger partial charge in [-0.15, -0.1) is 0 Å². The Morgan fingerprint density at radius 3 is 1.36 bits per heavy atom. The third-order valence-corrected chi connectivity index (χ3v) is 13.4. The number of phosphoric ester groups is 1. The Hall–Kier alpha value is -1.80. The van der Waals surface area contributed by atoms with Gasteiger partial charge >= 0.3 is 0 Å². The van der Waals surface area contributed by atoms with Crippen LogP contribution in [0.5, 0.6) is 0 Å². The fourth-order valence-electron chi connectivity index (χ4n) is 8.05. The van der Waals surface area contributed by atoms with E-state index < -0.39 is 26.6 Å². The monoisotopic (exact) mass is 961 g/mol. The van der Waals surface area contributed by atoms with Crippen molar-refractivity contribution in [2.75, 3.05) is 40.9 Å². The lowest BCUT2D eigenvalue weighted by Gasteiger charge is -2.29. The topological polar surface area (TPSA) is 108 Å². The number of unbranched alkanes of at least 4 members (excludes halogenated alkanes) is 30. The van der Waals surface area contributed by atoms with Crippen LogP contribution in [0.4, 0.5) is 0 Å². The number of carbonyl (C=O) groups is 1. The van der Waals surface area contributed by atoms with Crippen LogP contribution in [0.3, 0.4) is 0 Å². The first-order valence-electron chi connectivity index (χ1n) is 28.2. The number of nitrogens with one attached hydrogen (secondary N) is 1. The van der Waals surface area contributed by atoms with Crippen molar-refractivity contribution in [2.45, 2.75) is 264 Å². The molecule has 0 rings (SSSR count). The summed E-state index contributed by atoms with van der Waals surface area (Å²) in [5.74, 6) is -0.213. The molecule has 0 aliphatic carbocycles. The number of hydrogen-bond acceptors (Lipinski definition) is 6. The zero-order valence-electron chi connectivity index (χ0n) is 44.6. The molecule has 0 spiro atoms. The summed E-state index contributed by atoms with van der Waals surface area (Å²) in [5, 5.41) is 13.7. The summed E-state index contributed by atoms with van der Waals surface area (Å²) in [4.78, 5) is 25.3. The van der Waals surface area contributed by atoms with Crippen LogP contribution in [-0.4, -0.2) is 68.5 Å². The molecule has 0 aromatic rings. The van der Waals surface area contributed by atoms with Crippen LogP contribution in [-0.2, 0) is 18.4 Å². The summed E-state index contributed by atoms with van der Waals surface area (Å²) >= 11 is 0. The molecule has 9 heteroatoms. The van der Waals surface area contributed by atoms with Gasteiger partial charge in [0.15, 0.2) is 0 Å². The number of nitrogens with zero attached hydrogens (tertiary/aromatic N) is 1. The molecule has 3 atom stereocenters. The van der Waals surface area contributed by atoms with E-state index in [0.717, 1.165) is 57.8 Å². The van der Waals surface area contributed by atoms with Gasteiger partial charge in [0.25, 0.3) is 7.82 Å². The number of amides is 1. The predicted molar refractivity (Wildman–Crippen MR) is 288 cm³/mol. The minimum absolute atomic E-state index is 0.0103. The van der Waals surface area contributed by atoms with Gasteiger partial charge in [0.1, 0.15) is 13.2 Å². The maximum Gasteiger partial charge on any atom is 0.268 e. The normalized spacial score (nSPS) is 14.4. The van der Waals surface area contributed by atoms with Crippen LogP contribution < -0.4 is 10.2 Å². The number of quaternary nitrogens is 1. The number of phosphoric acid groups is 1. The Kier molecular flexibility index (Phi) is 47.9. The SMILES string of the molecule is CC/C=C/CC/C=C/CC/C=C/C(O)C(COP(=O)([O-])OCC[N+](C)(C)C)NC(=O)CCCCCCCCCCCCCCCCCCC/C=C\C/C=C\CCCCCCCCCCCCC. The summed E-state index contributed by atoms with van der Waals surface area (Å²) in [6.07, 6.45) is 66.3. The van der Waals surface area contributed by atoms with Crippen molar-refractivity contribution in [1.29, 1.82) is 0 Å². The molecule has 0 aromatic carbocycles. The van der Waals surface area contributed by atoms with Gasteiger partial charge < -0.3 is 28.8 Å². The Balaban J connectivity index is 3.94. The number of carbonyl (C=O) groups excluding carboxylic acids is 1. The van der Waals surface area contributed by atoms with Gasteiger partial charge in [0.05, 0.1) is 39.9 Å². The van der Waals surface area contributed by atoms with Gasteiger partial charge in [-0.3, -0.25) is 9.36 Å². The second-order valence-electron chi connectivity index (χ2n) is 20.2. The lowest BCUT2D eigenvalue weighted by Crippen LogP contribution is -2.45. The van der Waals surface area contributed by atoms with E-state index in [0.29, 0.717) is 17.4 Å². The average Bonchev–Trinajstić information content (AvgIpc) is 3.29. The van der Waals surface area contributed by atoms with Gasteiger partial charge in [-0.2, -0.15) is 0 Å². The highest BCUT2D eigenvalue weighted by molar-refractivity contribution is 7.45. The van der Waals surface area contributed by atoms with E-state index in [9.17, 15) is 19.4 Å². The molecule has 0 bridgehead atoms. The van der Waals surface area contributed by atoms with Gasteiger partial charge in [0.2, 0.25) is 5.91 Å². The third-order valence-electron chi connectivity index (χ3n) is 12.4. The van der Waals surface area contributed by atoms with Gasteiger partial charge in [0, 0.05) is 6.42 Å². The van der Waals surface area contributed by atoms with E-state index in [2.05, 4.69) is 67.8 Å². The number of hydrogen-bond donors (Lipinski definition) is 2. The quantitative estimate of drug-likeness (QED) is 0.0272. The molecule has 0 saturated carbocycles. The number of aliphatic hydroxyl groups is 1. The number of likely N-dealkylation sites (N-methyl/N-ethyl adjacent to an activating group) is 1. The Labute approximate surface area is 415 Å². The van der Waals surface area contributed by atoms with E-state index in [4.69, 9.17) is 9.05 Å². The van der Waals surface area contributed by atoms with E-state index in [1.165, 1.54) is 173 Å². The van der Waals surface area contributed by atoms with Crippen LogP contribution in [0.15, 0.2) is 60.8 Å². The largest absolute Gasteiger partial charge is 0.756 e. The standard InChI is InChI=1S/C58H109N2O6P/c1-6-8-10-12-14-16-18-19-20-21-22-23-24-25-26-27-28-29-30-31-32-33-34-35-36-37-38-39-40-41-42-44-46-48-50-52-58(62)59-56(55-66-67(63,64)65-54-53-60(3,4)5)57(61)51-49-47-45-43-17-15-13-11-9-7-2/h9,11,17,24-25,27-28,43,49,51,56-57,61H,6-8,10,12-16,18-23,26,29-42,44-48,50,52-55H2,1-5H3,(H-,59,62,63,64)/b11-9+,25-24-,28-27-,43-17+,51-49+. The number of rotatable bonds is 51. The lowest BCUT2D eigenvalue weighted by atomic mass is 10.0. The molecule has 0 heterocycles. The predicted octanol–water partition coefficient (Wildman–Crippen LogP) is 16.3. The molecule has 0 aromatic heterocycles. The third kappa shape index (κ3) is 51.9. The smallest absolute Gasteiger partial charge is 0.268 e. The van der Waals surface area contributed by atoms with Crippen molar-refractivity contribution >= 4 is 13.7 Å². The molecule has 1 amide bonds. The fraction of sp³-hybridized carbons (Fsp3) is 0.810. The van der Waals surface area contributed by atoms with Crippen molar-refractivity contribution in [1.82, 2.24) is 5.32 Å². The van der Waals surface area contributed by atoms with Gasteiger partial charge in [-0.1, -0.05) is 235 Å². The molecular formula is C58H109N2O6P. The first-order valence-corrected chi connectivity index (χ1v) is 29.6. The number of aliphatic hydroxyl groups excluding tert-OH is 1. The number of allylic oxidation sites excluding steroid dienone is 9. The molecule has 392 valence electrons. The van der Waals surface area contributed by atoms with Crippen molar-refractivity contribution in [3.63, 3.8) is 0 Å². The average molecular weight is 961 g/mol. The first-order chi connectivity index (χ1) is 32.5. The maximum atomic E-state index is 12.9. The Morgan fingerprint density at radius 1 is 0.537 bits per heavy atom. The minimum atomic E-state index is -4.60. The maximum absolute atomic E-state index is 12.9. The minimum Gasteiger partial charge on any atom is -0.756 e. The van der Waals surface area contributed by atoms with E-state index >= 15 is 0 Å². The van der Waals surface area contributed by atoms with Crippen LogP contribution in [0.2, 0.25) is 0 Å². The molecule has 0 saturated heterocycles. The van der Waals surface area contributed by atoms with E-state index in [1.54, 1.807) is 6.08 Å². The molecule has 2 N–H and O–H groups in total. The van der Waals surface area contributed by atoms with E-state index in [-0.39, 0.29) is 12.5 Å². The molecular weight excluding hydrogens is 852 g/mol. The highest BCUT2D eigenvalue weighted by Crippen LogP contribution is 2.38. The molecule has 67 heavy (non-hydrogen) atoms. The molecule has 0 fully saturated rings. The molecule has 0 radical (unpaired) electrons. The summed E-state index contributed by atoms with van der Waals surface area (Å²) in [6.45, 7) is 4.50. The zero-order valence-corrected chi connectivity index (χ0v) is 45.5. The lowest BCUT2D eigenvalue weighted by molar-refractivity contribution is -0.870. The van der Waals surface area contributed by atoms with Crippen LogP contribution in [0.25, 0.3) is 0 Å². The first kappa shape index (κ1) is 65.2. The van der Waals surface area contributed by atoms with Crippen LogP contribution in [0.1, 0.15) is 251 Å². The Bertz CT molecular complexity index is 1270. The molecule has 0 aliphatic rings. The zero-order chi connectivity index (χ0) is 49.2. The summed E-state index contributed by atoms with van der Waals surface area (Å²) in [6, 6.07) is -0.909. The van der Waals surface area contributed by atoms with Crippen molar-refractivity contribution in [2.24, 2.45) is 0 Å². The second-order valence-corrected chi connectivity index (χ2v) is 21.7.